The molecule has 0 aromatic heterocycles. The highest BCUT2D eigenvalue weighted by Crippen LogP contribution is 2.36. The summed E-state index contributed by atoms with van der Waals surface area (Å²) in [5, 5.41) is 17.8. The number of carbonyl (C=O) groups excluding carboxylic acids is 1. The van der Waals surface area contributed by atoms with Crippen molar-refractivity contribution in [2.45, 2.75) is 12.0 Å². The first-order valence-corrected chi connectivity index (χ1v) is 10.0. The van der Waals surface area contributed by atoms with Gasteiger partial charge in [0, 0.05) is 0 Å². The molecule has 1 aliphatic carbocycles. The van der Waals surface area contributed by atoms with E-state index in [1.54, 1.807) is 12.1 Å². The lowest BCUT2D eigenvalue weighted by Gasteiger charge is -2.34. The van der Waals surface area contributed by atoms with Crippen LogP contribution in [-0.2, 0) is 5.54 Å². The largest absolute Gasteiger partial charge is 0.507 e. The molecule has 0 spiro atoms. The Labute approximate surface area is 175 Å². The van der Waals surface area contributed by atoms with Gasteiger partial charge in [0.2, 0.25) is 0 Å². The molecule has 4 aromatic rings. The van der Waals surface area contributed by atoms with Gasteiger partial charge in [0.15, 0.2) is 0 Å². The van der Waals surface area contributed by atoms with Crippen LogP contribution in [-0.4, -0.2) is 11.0 Å². The van der Waals surface area contributed by atoms with Gasteiger partial charge in [-0.3, -0.25) is 4.79 Å². The molecule has 2 N–H and O–H groups in total. The van der Waals surface area contributed by atoms with Gasteiger partial charge in [0.05, 0.1) is 11.1 Å². The number of rotatable bonds is 3. The summed E-state index contributed by atoms with van der Waals surface area (Å²) in [4.78, 5) is 13.4. The van der Waals surface area contributed by atoms with E-state index in [-0.39, 0.29) is 17.2 Å². The van der Waals surface area contributed by atoms with Crippen molar-refractivity contribution in [2.24, 2.45) is 0 Å². The molecule has 1 amide bonds. The van der Waals surface area contributed by atoms with Gasteiger partial charge in [-0.05, 0) is 45.7 Å². The highest BCUT2D eigenvalue weighted by atomic mass is 16.3. The summed E-state index contributed by atoms with van der Waals surface area (Å²) in [6.07, 6.45) is 8.68. The number of aromatic hydroxyl groups is 1. The van der Waals surface area contributed by atoms with Crippen LogP contribution in [0.5, 0.6) is 5.75 Å². The molecule has 0 saturated heterocycles. The highest BCUT2D eigenvalue weighted by molar-refractivity contribution is 6.02. The van der Waals surface area contributed by atoms with Gasteiger partial charge < -0.3 is 10.4 Å². The van der Waals surface area contributed by atoms with Gasteiger partial charge in [-0.1, -0.05) is 91.0 Å². The number of carbonyl (C=O) groups is 1. The lowest BCUT2D eigenvalue weighted by molar-refractivity contribution is 0.0914. The van der Waals surface area contributed by atoms with E-state index in [9.17, 15) is 9.90 Å². The van der Waals surface area contributed by atoms with E-state index in [4.69, 9.17) is 0 Å². The number of phenolic OH excluding ortho intramolecular Hbond substituents is 1. The topological polar surface area (TPSA) is 49.3 Å². The summed E-state index contributed by atoms with van der Waals surface area (Å²) in [5.41, 5.74) is 0.621. The van der Waals surface area contributed by atoms with Crippen molar-refractivity contribution >= 4 is 27.5 Å². The Bertz CT molecular complexity index is 1330. The molecule has 0 radical (unpaired) electrons. The Morgan fingerprint density at radius 3 is 2.30 bits per heavy atom. The number of hydrogen-bond donors (Lipinski definition) is 2. The minimum atomic E-state index is -0.690. The maximum absolute atomic E-state index is 13.4. The number of allylic oxidation sites excluding steroid dienone is 2. The number of nitrogens with one attached hydrogen (secondary N) is 1. The third-order valence-corrected chi connectivity index (χ3v) is 5.78. The van der Waals surface area contributed by atoms with Crippen LogP contribution in [0, 0.1) is 0 Å². The van der Waals surface area contributed by atoms with Crippen LogP contribution < -0.4 is 5.32 Å². The van der Waals surface area contributed by atoms with Crippen LogP contribution >= 0.6 is 0 Å². The third-order valence-electron chi connectivity index (χ3n) is 5.78. The minimum absolute atomic E-state index is 0.0189. The second-order valence-corrected chi connectivity index (χ2v) is 7.66. The molecule has 0 heterocycles. The van der Waals surface area contributed by atoms with Gasteiger partial charge >= 0.3 is 0 Å². The summed E-state index contributed by atoms with van der Waals surface area (Å²) in [5.74, 6) is -0.319. The molecule has 1 aliphatic rings. The summed E-state index contributed by atoms with van der Waals surface area (Å²) in [7, 11) is 0. The molecule has 1 atom stereocenters. The Morgan fingerprint density at radius 1 is 0.833 bits per heavy atom. The molecular weight excluding hydrogens is 370 g/mol. The molecule has 0 saturated carbocycles. The standard InChI is InChI=1S/C27H21NO2/c29-25-18-21-11-3-2-10-20(21)17-23(25)26(30)28-27(15-6-1-7-16-27)24-14-8-12-19-9-4-5-13-22(19)24/h1-15,17-18,29H,16H2,(H,28,30). The van der Waals surface area contributed by atoms with E-state index in [0.29, 0.717) is 6.42 Å². The molecular formula is C27H21NO2. The van der Waals surface area contributed by atoms with Gasteiger partial charge in [-0.15, -0.1) is 0 Å². The molecule has 5 rings (SSSR count). The van der Waals surface area contributed by atoms with Crippen molar-refractivity contribution in [3.63, 3.8) is 0 Å². The van der Waals surface area contributed by atoms with Crippen LogP contribution in [0.1, 0.15) is 22.3 Å². The zero-order chi connectivity index (χ0) is 20.6. The minimum Gasteiger partial charge on any atom is -0.507 e. The average molecular weight is 391 g/mol. The molecule has 3 nitrogen and oxygen atoms in total. The van der Waals surface area contributed by atoms with Gasteiger partial charge in [0.1, 0.15) is 5.75 Å². The first-order valence-electron chi connectivity index (χ1n) is 10.0. The number of benzene rings is 4. The second kappa shape index (κ2) is 7.20. The van der Waals surface area contributed by atoms with Crippen molar-refractivity contribution in [1.29, 1.82) is 0 Å². The lowest BCUT2D eigenvalue weighted by atomic mass is 9.81. The van der Waals surface area contributed by atoms with Gasteiger partial charge in [-0.2, -0.15) is 0 Å². The average Bonchev–Trinajstić information content (AvgIpc) is 2.78. The second-order valence-electron chi connectivity index (χ2n) is 7.66. The molecule has 0 fully saturated rings. The third kappa shape index (κ3) is 3.05. The fourth-order valence-electron chi connectivity index (χ4n) is 4.27. The molecule has 0 aliphatic heterocycles. The Morgan fingerprint density at radius 2 is 1.53 bits per heavy atom. The zero-order valence-corrected chi connectivity index (χ0v) is 16.4. The van der Waals surface area contributed by atoms with Crippen LogP contribution in [0.25, 0.3) is 21.5 Å². The summed E-state index contributed by atoms with van der Waals surface area (Å²) in [6, 6.07) is 25.4. The summed E-state index contributed by atoms with van der Waals surface area (Å²) < 4.78 is 0. The van der Waals surface area contributed by atoms with Crippen molar-refractivity contribution < 1.29 is 9.90 Å². The molecule has 0 bridgehead atoms. The number of phenols is 1. The van der Waals surface area contributed by atoms with Crippen molar-refractivity contribution in [3.8, 4) is 5.75 Å². The molecule has 1 unspecified atom stereocenters. The maximum Gasteiger partial charge on any atom is 0.256 e. The first kappa shape index (κ1) is 18.2. The smallest absolute Gasteiger partial charge is 0.256 e. The Kier molecular flexibility index (Phi) is 4.36. The highest BCUT2D eigenvalue weighted by Gasteiger charge is 2.33. The number of fused-ring (bicyclic) bond motifs is 2. The van der Waals surface area contributed by atoms with Crippen LogP contribution in [0.4, 0.5) is 0 Å². The van der Waals surface area contributed by atoms with E-state index in [1.165, 1.54) is 0 Å². The van der Waals surface area contributed by atoms with E-state index < -0.39 is 5.54 Å². The number of hydrogen-bond acceptors (Lipinski definition) is 2. The van der Waals surface area contributed by atoms with Crippen molar-refractivity contribution in [3.05, 3.63) is 114 Å². The molecule has 146 valence electrons. The van der Waals surface area contributed by atoms with E-state index in [2.05, 4.69) is 35.7 Å². The fraction of sp³-hybridized carbons (Fsp3) is 0.0741. The molecule has 3 heteroatoms. The normalized spacial score (nSPS) is 18.0. The van der Waals surface area contributed by atoms with E-state index in [0.717, 1.165) is 27.1 Å². The summed E-state index contributed by atoms with van der Waals surface area (Å²) in [6.45, 7) is 0. The van der Waals surface area contributed by atoms with Gasteiger partial charge in [-0.25, -0.2) is 0 Å². The lowest BCUT2D eigenvalue weighted by Crippen LogP contribution is -2.45. The van der Waals surface area contributed by atoms with Crippen molar-refractivity contribution in [2.75, 3.05) is 0 Å². The SMILES string of the molecule is O=C(NC1(c2cccc3ccccc23)C=CC=CC1)c1cc2ccccc2cc1O. The van der Waals surface area contributed by atoms with Gasteiger partial charge in [0.25, 0.3) is 5.91 Å². The predicted molar refractivity (Wildman–Crippen MR) is 122 cm³/mol. The van der Waals surface area contributed by atoms with Crippen molar-refractivity contribution in [1.82, 2.24) is 5.32 Å². The Hall–Kier alpha value is -3.85. The fourth-order valence-corrected chi connectivity index (χ4v) is 4.27. The van der Waals surface area contributed by atoms with E-state index in [1.807, 2.05) is 60.7 Å². The zero-order valence-electron chi connectivity index (χ0n) is 16.4. The van der Waals surface area contributed by atoms with Crippen LogP contribution in [0.2, 0.25) is 0 Å². The monoisotopic (exact) mass is 391 g/mol. The molecule has 30 heavy (non-hydrogen) atoms. The Balaban J connectivity index is 1.61. The molecule has 4 aromatic carbocycles. The van der Waals surface area contributed by atoms with E-state index >= 15 is 0 Å². The van der Waals surface area contributed by atoms with Crippen LogP contribution in [0.15, 0.2) is 103 Å². The first-order chi connectivity index (χ1) is 14.7. The summed E-state index contributed by atoms with van der Waals surface area (Å²) >= 11 is 0. The maximum atomic E-state index is 13.4. The van der Waals surface area contributed by atoms with Crippen LogP contribution in [0.3, 0.4) is 0 Å². The predicted octanol–water partition coefficient (Wildman–Crippen LogP) is 5.84. The quantitative estimate of drug-likeness (QED) is 0.461. The number of amides is 1.